The van der Waals surface area contributed by atoms with Crippen LogP contribution >= 0.6 is 0 Å². The average Bonchev–Trinajstić information content (AvgIpc) is 2.47. The van der Waals surface area contributed by atoms with Crippen LogP contribution in [0.25, 0.3) is 0 Å². The Balaban J connectivity index is 2.29. The van der Waals surface area contributed by atoms with Crippen molar-refractivity contribution in [2.75, 3.05) is 20.6 Å². The lowest BCUT2D eigenvalue weighted by molar-refractivity contribution is -0.890. The van der Waals surface area contributed by atoms with Crippen LogP contribution in [0, 0.1) is 6.92 Å². The molecule has 0 unspecified atom stereocenters. The molecule has 74 valence electrons. The van der Waals surface area contributed by atoms with Crippen LogP contribution < -0.4 is 0 Å². The lowest BCUT2D eigenvalue weighted by Gasteiger charge is -2.15. The predicted octanol–water partition coefficient (Wildman–Crippen LogP) is 2.18. The number of aryl methyl sites for hydroxylation is 1. The van der Waals surface area contributed by atoms with Gasteiger partial charge in [0.2, 0.25) is 0 Å². The number of quaternary nitrogens is 1. The highest BCUT2D eigenvalue weighted by Gasteiger charge is 2.25. The molecular weight excluding hydrogens is 172 g/mol. The second-order valence-electron chi connectivity index (χ2n) is 4.51. The molecule has 0 radical (unpaired) electrons. The van der Waals surface area contributed by atoms with Gasteiger partial charge < -0.3 is 0 Å². The van der Waals surface area contributed by atoms with E-state index in [1.54, 1.807) is 0 Å². The van der Waals surface area contributed by atoms with Crippen LogP contribution in [-0.2, 0) is 0 Å². The van der Waals surface area contributed by atoms with E-state index in [0.29, 0.717) is 0 Å². The highest BCUT2D eigenvalue weighted by atomic mass is 15.6. The van der Waals surface area contributed by atoms with E-state index >= 15 is 0 Å². The third-order valence-corrected chi connectivity index (χ3v) is 2.67. The first-order chi connectivity index (χ1) is 6.57. The summed E-state index contributed by atoms with van der Waals surface area (Å²) in [5, 5.41) is 4.67. The van der Waals surface area contributed by atoms with E-state index in [-0.39, 0.29) is 0 Å². The molecule has 0 spiro atoms. The third kappa shape index (κ3) is 1.85. The summed E-state index contributed by atoms with van der Waals surface area (Å²) in [6, 6.07) is 8.63. The van der Waals surface area contributed by atoms with Gasteiger partial charge in [-0.2, -0.15) is 0 Å². The maximum atomic E-state index is 4.67. The van der Waals surface area contributed by atoms with Crippen LogP contribution in [-0.4, -0.2) is 30.9 Å². The van der Waals surface area contributed by atoms with Crippen molar-refractivity contribution in [1.82, 2.24) is 0 Å². The van der Waals surface area contributed by atoms with E-state index < -0.39 is 0 Å². The zero-order valence-corrected chi connectivity index (χ0v) is 9.12. The summed E-state index contributed by atoms with van der Waals surface area (Å²) in [5.41, 5.74) is 3.83. The number of rotatable bonds is 1. The fourth-order valence-corrected chi connectivity index (χ4v) is 1.75. The van der Waals surface area contributed by atoms with Crippen LogP contribution in [0.1, 0.15) is 17.5 Å². The quantitative estimate of drug-likeness (QED) is 0.600. The molecule has 0 amide bonds. The zero-order valence-electron chi connectivity index (χ0n) is 9.12. The standard InChI is InChI=1S/C12H17N2/c1-10-4-6-11(7-5-10)12-8-9-14(2,3)13-12/h4-7H,8-9H2,1-3H3/q+1. The molecule has 0 fully saturated rings. The van der Waals surface area contributed by atoms with Crippen LogP contribution in [0.15, 0.2) is 29.4 Å². The predicted molar refractivity (Wildman–Crippen MR) is 59.3 cm³/mol. The Kier molecular flexibility index (Phi) is 2.16. The first kappa shape index (κ1) is 9.41. The van der Waals surface area contributed by atoms with Gasteiger partial charge in [-0.05, 0) is 6.92 Å². The van der Waals surface area contributed by atoms with Crippen molar-refractivity contribution >= 4 is 5.71 Å². The molecule has 1 heterocycles. The van der Waals surface area contributed by atoms with Crippen molar-refractivity contribution in [3.8, 4) is 0 Å². The SMILES string of the molecule is Cc1ccc(C2=N[N+](C)(C)CC2)cc1. The van der Waals surface area contributed by atoms with Gasteiger partial charge in [0.15, 0.2) is 0 Å². The molecule has 0 aromatic heterocycles. The van der Waals surface area contributed by atoms with Gasteiger partial charge in [0.25, 0.3) is 0 Å². The highest BCUT2D eigenvalue weighted by Crippen LogP contribution is 2.17. The molecule has 1 aliphatic heterocycles. The van der Waals surface area contributed by atoms with Gasteiger partial charge in [0.1, 0.15) is 12.3 Å². The Morgan fingerprint density at radius 2 is 1.79 bits per heavy atom. The Hall–Kier alpha value is -1.15. The monoisotopic (exact) mass is 189 g/mol. The molecule has 14 heavy (non-hydrogen) atoms. The second-order valence-corrected chi connectivity index (χ2v) is 4.51. The Bertz CT molecular complexity index is 360. The average molecular weight is 189 g/mol. The molecule has 0 atom stereocenters. The first-order valence-electron chi connectivity index (χ1n) is 5.06. The van der Waals surface area contributed by atoms with Crippen molar-refractivity contribution in [1.29, 1.82) is 0 Å². The van der Waals surface area contributed by atoms with Crippen molar-refractivity contribution in [2.45, 2.75) is 13.3 Å². The van der Waals surface area contributed by atoms with E-state index in [9.17, 15) is 0 Å². The topological polar surface area (TPSA) is 12.4 Å². The summed E-state index contributed by atoms with van der Waals surface area (Å²) in [7, 11) is 4.28. The van der Waals surface area contributed by atoms with E-state index in [1.165, 1.54) is 16.8 Å². The van der Waals surface area contributed by atoms with Crippen molar-refractivity contribution in [3.05, 3.63) is 35.4 Å². The first-order valence-corrected chi connectivity index (χ1v) is 5.06. The van der Waals surface area contributed by atoms with E-state index in [4.69, 9.17) is 0 Å². The molecule has 0 saturated heterocycles. The van der Waals surface area contributed by atoms with E-state index in [1.807, 2.05) is 0 Å². The summed E-state index contributed by atoms with van der Waals surface area (Å²) >= 11 is 0. The lowest BCUT2D eigenvalue weighted by atomic mass is 10.1. The minimum Gasteiger partial charge on any atom is -0.202 e. The second kappa shape index (κ2) is 3.21. The fraction of sp³-hybridized carbons (Fsp3) is 0.417. The molecule has 0 aliphatic carbocycles. The highest BCUT2D eigenvalue weighted by molar-refractivity contribution is 6.00. The number of nitrogens with zero attached hydrogens (tertiary/aromatic N) is 2. The van der Waals surface area contributed by atoms with Gasteiger partial charge in [-0.15, -0.1) is 0 Å². The fourth-order valence-electron chi connectivity index (χ4n) is 1.75. The molecule has 2 rings (SSSR count). The Morgan fingerprint density at radius 3 is 2.29 bits per heavy atom. The summed E-state index contributed by atoms with van der Waals surface area (Å²) < 4.78 is 0.767. The number of hydrogen-bond acceptors (Lipinski definition) is 1. The molecular formula is C12H17N2+. The van der Waals surface area contributed by atoms with Crippen molar-refractivity contribution in [2.24, 2.45) is 5.10 Å². The zero-order chi connectivity index (χ0) is 10.2. The van der Waals surface area contributed by atoms with Gasteiger partial charge in [-0.3, -0.25) is 0 Å². The summed E-state index contributed by atoms with van der Waals surface area (Å²) in [6.07, 6.45) is 1.09. The molecule has 0 saturated carbocycles. The molecule has 2 nitrogen and oxygen atoms in total. The van der Waals surface area contributed by atoms with Crippen LogP contribution in [0.5, 0.6) is 0 Å². The van der Waals surface area contributed by atoms with Gasteiger partial charge in [0, 0.05) is 12.0 Å². The minimum atomic E-state index is 0.767. The smallest absolute Gasteiger partial charge is 0.109 e. The molecule has 1 aliphatic rings. The molecule has 1 aromatic rings. The minimum absolute atomic E-state index is 0.767. The van der Waals surface area contributed by atoms with Gasteiger partial charge in [-0.25, -0.2) is 4.59 Å². The third-order valence-electron chi connectivity index (χ3n) is 2.67. The van der Waals surface area contributed by atoms with Crippen LogP contribution in [0.2, 0.25) is 0 Å². The lowest BCUT2D eigenvalue weighted by Crippen LogP contribution is -2.29. The van der Waals surface area contributed by atoms with Crippen LogP contribution in [0.3, 0.4) is 0 Å². The summed E-state index contributed by atoms with van der Waals surface area (Å²) in [4.78, 5) is 0. The normalized spacial score (nSPS) is 19.5. The van der Waals surface area contributed by atoms with Crippen molar-refractivity contribution < 1.29 is 4.59 Å². The number of benzene rings is 1. The Morgan fingerprint density at radius 1 is 1.14 bits per heavy atom. The molecule has 2 heteroatoms. The number of hydrogen-bond donors (Lipinski definition) is 0. The maximum absolute atomic E-state index is 4.67. The van der Waals surface area contributed by atoms with Gasteiger partial charge in [-0.1, -0.05) is 34.9 Å². The molecule has 0 N–H and O–H groups in total. The van der Waals surface area contributed by atoms with E-state index in [0.717, 1.165) is 17.6 Å². The van der Waals surface area contributed by atoms with Gasteiger partial charge >= 0.3 is 0 Å². The Labute approximate surface area is 85.5 Å². The maximum Gasteiger partial charge on any atom is 0.109 e. The van der Waals surface area contributed by atoms with Gasteiger partial charge in [0.05, 0.1) is 14.1 Å². The summed E-state index contributed by atoms with van der Waals surface area (Å²) in [5.74, 6) is 0. The molecule has 1 aromatic carbocycles. The van der Waals surface area contributed by atoms with Crippen molar-refractivity contribution in [3.63, 3.8) is 0 Å². The summed E-state index contributed by atoms with van der Waals surface area (Å²) in [6.45, 7) is 3.23. The van der Waals surface area contributed by atoms with E-state index in [2.05, 4.69) is 50.4 Å². The van der Waals surface area contributed by atoms with Crippen LogP contribution in [0.4, 0.5) is 0 Å². The largest absolute Gasteiger partial charge is 0.202 e. The molecule has 0 bridgehead atoms.